The molecule has 2 aromatic rings. The van der Waals surface area contributed by atoms with E-state index >= 15 is 0 Å². The lowest BCUT2D eigenvalue weighted by molar-refractivity contribution is -0.137. The van der Waals surface area contributed by atoms with Crippen LogP contribution in [0.5, 0.6) is 5.75 Å². The van der Waals surface area contributed by atoms with E-state index in [0.717, 1.165) is 17.5 Å². The van der Waals surface area contributed by atoms with Gasteiger partial charge in [-0.15, -0.1) is 0 Å². The topological polar surface area (TPSA) is 58.6 Å². The molecule has 0 saturated carbocycles. The highest BCUT2D eigenvalue weighted by atomic mass is 19.3. The Morgan fingerprint density at radius 1 is 1.04 bits per heavy atom. The lowest BCUT2D eigenvalue weighted by Gasteiger charge is -2.18. The van der Waals surface area contributed by atoms with Crippen molar-refractivity contribution in [2.45, 2.75) is 38.5 Å². The Morgan fingerprint density at radius 3 is 2.32 bits per heavy atom. The van der Waals surface area contributed by atoms with Crippen molar-refractivity contribution in [2.24, 2.45) is 0 Å². The quantitative estimate of drug-likeness (QED) is 0.684. The zero-order chi connectivity index (χ0) is 18.1. The van der Waals surface area contributed by atoms with Gasteiger partial charge >= 0.3 is 12.6 Å². The minimum atomic E-state index is -2.84. The summed E-state index contributed by atoms with van der Waals surface area (Å²) in [6.07, 6.45) is 1.32. The number of ether oxygens (including phenoxy) is 1. The van der Waals surface area contributed by atoms with Crippen molar-refractivity contribution in [1.82, 2.24) is 5.32 Å². The number of rotatable bonds is 10. The molecule has 0 saturated heterocycles. The Labute approximate surface area is 145 Å². The van der Waals surface area contributed by atoms with Gasteiger partial charge in [-0.2, -0.15) is 8.78 Å². The Bertz CT molecular complexity index is 647. The monoisotopic (exact) mass is 349 g/mol. The second-order valence-corrected chi connectivity index (χ2v) is 5.72. The van der Waals surface area contributed by atoms with Crippen molar-refractivity contribution in [3.05, 3.63) is 65.7 Å². The number of benzene rings is 2. The molecule has 0 fully saturated rings. The molecule has 0 aliphatic heterocycles. The van der Waals surface area contributed by atoms with Gasteiger partial charge in [-0.05, 0) is 36.1 Å². The van der Waals surface area contributed by atoms with Gasteiger partial charge in [-0.3, -0.25) is 4.79 Å². The number of carboxylic acids is 1. The molecule has 1 unspecified atom stereocenters. The lowest BCUT2D eigenvalue weighted by atomic mass is 10.0. The third kappa shape index (κ3) is 7.30. The maximum absolute atomic E-state index is 12.1. The van der Waals surface area contributed by atoms with Gasteiger partial charge < -0.3 is 15.2 Å². The van der Waals surface area contributed by atoms with Crippen LogP contribution in [0.4, 0.5) is 8.78 Å². The molecule has 0 bridgehead atoms. The highest BCUT2D eigenvalue weighted by Crippen LogP contribution is 2.15. The van der Waals surface area contributed by atoms with Crippen LogP contribution in [0.1, 0.15) is 24.0 Å². The number of aliphatic carboxylic acids is 1. The predicted molar refractivity (Wildman–Crippen MR) is 90.7 cm³/mol. The number of hydrogen-bond donors (Lipinski definition) is 2. The van der Waals surface area contributed by atoms with Crippen molar-refractivity contribution in [3.8, 4) is 5.75 Å². The Hall–Kier alpha value is -2.47. The molecule has 6 heteroatoms. The van der Waals surface area contributed by atoms with Crippen LogP contribution in [0.3, 0.4) is 0 Å². The van der Waals surface area contributed by atoms with Crippen molar-refractivity contribution in [1.29, 1.82) is 0 Å². The van der Waals surface area contributed by atoms with Gasteiger partial charge in [0.25, 0.3) is 0 Å². The summed E-state index contributed by atoms with van der Waals surface area (Å²) in [6, 6.07) is 16.3. The first kappa shape index (κ1) is 18.9. The molecule has 0 aromatic heterocycles. The molecule has 0 spiro atoms. The van der Waals surface area contributed by atoms with Crippen molar-refractivity contribution in [3.63, 3.8) is 0 Å². The van der Waals surface area contributed by atoms with Crippen LogP contribution in [0.25, 0.3) is 0 Å². The van der Waals surface area contributed by atoms with Gasteiger partial charge in [0, 0.05) is 19.0 Å². The average molecular weight is 349 g/mol. The third-order valence-corrected chi connectivity index (χ3v) is 3.77. The van der Waals surface area contributed by atoms with Crippen LogP contribution < -0.4 is 10.1 Å². The van der Waals surface area contributed by atoms with Gasteiger partial charge in [-0.1, -0.05) is 42.5 Å². The summed E-state index contributed by atoms with van der Waals surface area (Å²) in [5, 5.41) is 12.3. The first-order chi connectivity index (χ1) is 12.0. The molecule has 2 rings (SSSR count). The molecule has 0 heterocycles. The lowest BCUT2D eigenvalue weighted by Crippen LogP contribution is -2.31. The molecule has 1 atom stereocenters. The fraction of sp³-hybridized carbons (Fsp3) is 0.316. The minimum absolute atomic E-state index is 0.00971. The van der Waals surface area contributed by atoms with E-state index in [9.17, 15) is 13.6 Å². The van der Waals surface area contributed by atoms with E-state index in [1.54, 1.807) is 12.1 Å². The number of halogens is 2. The molecule has 0 aliphatic rings. The van der Waals surface area contributed by atoms with Crippen LogP contribution in [0.2, 0.25) is 0 Å². The van der Waals surface area contributed by atoms with Crippen molar-refractivity contribution >= 4 is 5.97 Å². The van der Waals surface area contributed by atoms with Gasteiger partial charge in [0.1, 0.15) is 5.75 Å². The fourth-order valence-corrected chi connectivity index (χ4v) is 2.52. The summed E-state index contributed by atoms with van der Waals surface area (Å²) < 4.78 is 28.6. The third-order valence-electron chi connectivity index (χ3n) is 3.77. The second-order valence-electron chi connectivity index (χ2n) is 5.72. The Kier molecular flexibility index (Phi) is 7.35. The molecule has 0 amide bonds. The highest BCUT2D eigenvalue weighted by molar-refractivity contribution is 5.66. The molecular formula is C19H21F2NO3. The van der Waals surface area contributed by atoms with E-state index in [0.29, 0.717) is 13.0 Å². The number of alkyl halides is 2. The summed E-state index contributed by atoms with van der Waals surface area (Å²) in [5.41, 5.74) is 2.04. The number of carbonyl (C=O) groups is 1. The minimum Gasteiger partial charge on any atom is -0.481 e. The van der Waals surface area contributed by atoms with Crippen LogP contribution in [-0.2, 0) is 17.8 Å². The van der Waals surface area contributed by atoms with Gasteiger partial charge in [0.15, 0.2) is 0 Å². The molecular weight excluding hydrogens is 328 g/mol. The molecule has 2 aromatic carbocycles. The molecule has 0 aliphatic carbocycles. The molecule has 134 valence electrons. The Morgan fingerprint density at radius 2 is 1.72 bits per heavy atom. The van der Waals surface area contributed by atoms with E-state index in [4.69, 9.17) is 5.11 Å². The predicted octanol–water partition coefficient (Wildman–Crippen LogP) is 3.85. The smallest absolute Gasteiger partial charge is 0.387 e. The van der Waals surface area contributed by atoms with E-state index in [1.807, 2.05) is 30.3 Å². The van der Waals surface area contributed by atoms with E-state index in [-0.39, 0.29) is 18.2 Å². The first-order valence-electron chi connectivity index (χ1n) is 8.06. The zero-order valence-corrected chi connectivity index (χ0v) is 13.7. The first-order valence-corrected chi connectivity index (χ1v) is 8.06. The van der Waals surface area contributed by atoms with Gasteiger partial charge in [0.2, 0.25) is 0 Å². The van der Waals surface area contributed by atoms with Crippen molar-refractivity contribution in [2.75, 3.05) is 0 Å². The maximum atomic E-state index is 12.1. The zero-order valence-electron chi connectivity index (χ0n) is 13.7. The van der Waals surface area contributed by atoms with E-state index in [1.165, 1.54) is 12.1 Å². The molecule has 2 N–H and O–H groups in total. The standard InChI is InChI=1S/C19H21F2NO3/c20-19(21)25-17-9-6-15(7-10-17)13-22-16(8-11-18(23)24)12-14-4-2-1-3-5-14/h1-7,9-10,16,19,22H,8,11-13H2,(H,23,24). The van der Waals surface area contributed by atoms with E-state index in [2.05, 4.69) is 10.1 Å². The average Bonchev–Trinajstić information content (AvgIpc) is 2.59. The van der Waals surface area contributed by atoms with Crippen LogP contribution in [-0.4, -0.2) is 23.7 Å². The largest absolute Gasteiger partial charge is 0.481 e. The second kappa shape index (κ2) is 9.74. The van der Waals surface area contributed by atoms with Gasteiger partial charge in [0.05, 0.1) is 0 Å². The Balaban J connectivity index is 1.92. The summed E-state index contributed by atoms with van der Waals surface area (Å²) in [7, 11) is 0. The number of nitrogens with one attached hydrogen (secondary N) is 1. The van der Waals surface area contributed by atoms with Crippen LogP contribution >= 0.6 is 0 Å². The summed E-state index contributed by atoms with van der Waals surface area (Å²) >= 11 is 0. The SMILES string of the molecule is O=C(O)CCC(Cc1ccccc1)NCc1ccc(OC(F)F)cc1. The van der Waals surface area contributed by atoms with Crippen LogP contribution in [0, 0.1) is 0 Å². The molecule has 0 radical (unpaired) electrons. The number of carboxylic acid groups (broad SMARTS) is 1. The highest BCUT2D eigenvalue weighted by Gasteiger charge is 2.12. The summed E-state index contributed by atoms with van der Waals surface area (Å²) in [6.45, 7) is -2.32. The molecule has 25 heavy (non-hydrogen) atoms. The summed E-state index contributed by atoms with van der Waals surface area (Å²) in [5.74, 6) is -0.709. The molecule has 4 nitrogen and oxygen atoms in total. The van der Waals surface area contributed by atoms with E-state index < -0.39 is 12.6 Å². The van der Waals surface area contributed by atoms with Crippen LogP contribution in [0.15, 0.2) is 54.6 Å². The number of hydrogen-bond acceptors (Lipinski definition) is 3. The summed E-state index contributed by atoms with van der Waals surface area (Å²) in [4.78, 5) is 10.9. The van der Waals surface area contributed by atoms with Crippen molar-refractivity contribution < 1.29 is 23.4 Å². The normalized spacial score (nSPS) is 12.1. The van der Waals surface area contributed by atoms with Gasteiger partial charge in [-0.25, -0.2) is 0 Å². The fourth-order valence-electron chi connectivity index (χ4n) is 2.52. The maximum Gasteiger partial charge on any atom is 0.387 e.